The Labute approximate surface area is 113 Å². The number of anilines is 1. The standard InChI is InChI=1S/C13H12BrNO3/c1-15(8-9-4-3-7-18-9)11-6-2-5-10(14)12(11)13(16)17/h2-7H,8H2,1H3,(H,16,17). The first-order chi connectivity index (χ1) is 8.59. The predicted molar refractivity (Wildman–Crippen MR) is 71.9 cm³/mol. The number of halogens is 1. The van der Waals surface area contributed by atoms with Crippen molar-refractivity contribution in [1.82, 2.24) is 0 Å². The molecule has 0 saturated carbocycles. The van der Waals surface area contributed by atoms with E-state index in [-0.39, 0.29) is 5.56 Å². The van der Waals surface area contributed by atoms with E-state index < -0.39 is 5.97 Å². The molecule has 1 N–H and O–H groups in total. The van der Waals surface area contributed by atoms with Gasteiger partial charge in [-0.3, -0.25) is 0 Å². The van der Waals surface area contributed by atoms with E-state index >= 15 is 0 Å². The minimum Gasteiger partial charge on any atom is -0.478 e. The lowest BCUT2D eigenvalue weighted by atomic mass is 10.1. The number of benzene rings is 1. The van der Waals surface area contributed by atoms with E-state index in [0.29, 0.717) is 16.7 Å². The zero-order valence-electron chi connectivity index (χ0n) is 9.76. The van der Waals surface area contributed by atoms with Crippen molar-refractivity contribution in [3.05, 3.63) is 52.4 Å². The molecule has 0 saturated heterocycles. The molecule has 0 bridgehead atoms. The number of carboxylic acids is 1. The van der Waals surface area contributed by atoms with Gasteiger partial charge < -0.3 is 14.4 Å². The van der Waals surface area contributed by atoms with Crippen LogP contribution in [0, 0.1) is 0 Å². The number of aromatic carboxylic acids is 1. The monoisotopic (exact) mass is 309 g/mol. The third kappa shape index (κ3) is 2.56. The fourth-order valence-corrected chi connectivity index (χ4v) is 2.29. The summed E-state index contributed by atoms with van der Waals surface area (Å²) in [5, 5.41) is 9.24. The minimum atomic E-state index is -0.955. The van der Waals surface area contributed by atoms with E-state index in [9.17, 15) is 9.90 Å². The average Bonchev–Trinajstić information content (AvgIpc) is 2.80. The third-order valence-corrected chi connectivity index (χ3v) is 3.25. The fraction of sp³-hybridized carbons (Fsp3) is 0.154. The lowest BCUT2D eigenvalue weighted by Crippen LogP contribution is -2.19. The van der Waals surface area contributed by atoms with Crippen molar-refractivity contribution in [3.63, 3.8) is 0 Å². The fourth-order valence-electron chi connectivity index (χ4n) is 1.76. The van der Waals surface area contributed by atoms with Crippen LogP contribution in [0.2, 0.25) is 0 Å². The van der Waals surface area contributed by atoms with Gasteiger partial charge in [-0.15, -0.1) is 0 Å². The van der Waals surface area contributed by atoms with Crippen LogP contribution in [-0.2, 0) is 6.54 Å². The predicted octanol–water partition coefficient (Wildman–Crippen LogP) is 3.38. The van der Waals surface area contributed by atoms with E-state index in [1.54, 1.807) is 18.4 Å². The maximum absolute atomic E-state index is 11.3. The lowest BCUT2D eigenvalue weighted by molar-refractivity contribution is 0.0696. The smallest absolute Gasteiger partial charge is 0.338 e. The second-order valence-corrected chi connectivity index (χ2v) is 4.73. The van der Waals surface area contributed by atoms with Crippen LogP contribution < -0.4 is 4.90 Å². The molecule has 0 spiro atoms. The normalized spacial score (nSPS) is 10.3. The topological polar surface area (TPSA) is 53.7 Å². The molecule has 0 unspecified atom stereocenters. The average molecular weight is 310 g/mol. The van der Waals surface area contributed by atoms with Gasteiger partial charge in [0.15, 0.2) is 0 Å². The summed E-state index contributed by atoms with van der Waals surface area (Å²) in [6, 6.07) is 8.96. The molecule has 1 heterocycles. The summed E-state index contributed by atoms with van der Waals surface area (Å²) in [4.78, 5) is 13.1. The van der Waals surface area contributed by atoms with Crippen molar-refractivity contribution >= 4 is 27.6 Å². The van der Waals surface area contributed by atoms with Crippen LogP contribution >= 0.6 is 15.9 Å². The highest BCUT2D eigenvalue weighted by atomic mass is 79.9. The van der Waals surface area contributed by atoms with E-state index in [4.69, 9.17) is 4.42 Å². The lowest BCUT2D eigenvalue weighted by Gasteiger charge is -2.20. The molecule has 18 heavy (non-hydrogen) atoms. The molecular weight excluding hydrogens is 298 g/mol. The Morgan fingerprint density at radius 2 is 2.17 bits per heavy atom. The van der Waals surface area contributed by atoms with Gasteiger partial charge in [-0.1, -0.05) is 6.07 Å². The maximum Gasteiger partial charge on any atom is 0.338 e. The van der Waals surface area contributed by atoms with Gasteiger partial charge in [0.2, 0.25) is 0 Å². The summed E-state index contributed by atoms with van der Waals surface area (Å²) in [5.74, 6) is -0.169. The number of furan rings is 1. The summed E-state index contributed by atoms with van der Waals surface area (Å²) in [6.45, 7) is 0.518. The van der Waals surface area contributed by atoms with E-state index in [1.807, 2.05) is 30.1 Å². The first kappa shape index (κ1) is 12.7. The molecule has 0 aliphatic heterocycles. The first-order valence-electron chi connectivity index (χ1n) is 5.35. The molecule has 2 aromatic rings. The van der Waals surface area contributed by atoms with Crippen molar-refractivity contribution in [2.24, 2.45) is 0 Å². The number of hydrogen-bond donors (Lipinski definition) is 1. The summed E-state index contributed by atoms with van der Waals surface area (Å²) in [5.41, 5.74) is 0.903. The molecule has 1 aromatic carbocycles. The van der Waals surface area contributed by atoms with Crippen LogP contribution in [0.4, 0.5) is 5.69 Å². The highest BCUT2D eigenvalue weighted by Crippen LogP contribution is 2.28. The van der Waals surface area contributed by atoms with Gasteiger partial charge in [0.05, 0.1) is 24.1 Å². The van der Waals surface area contributed by atoms with Crippen molar-refractivity contribution in [2.45, 2.75) is 6.54 Å². The summed E-state index contributed by atoms with van der Waals surface area (Å²) in [7, 11) is 1.83. The van der Waals surface area contributed by atoms with Crippen LogP contribution in [0.15, 0.2) is 45.5 Å². The van der Waals surface area contributed by atoms with E-state index in [0.717, 1.165) is 5.76 Å². The largest absolute Gasteiger partial charge is 0.478 e. The Balaban J connectivity index is 2.32. The molecule has 0 aliphatic carbocycles. The molecule has 4 nitrogen and oxygen atoms in total. The molecule has 0 atom stereocenters. The molecule has 0 radical (unpaired) electrons. The van der Waals surface area contributed by atoms with Crippen LogP contribution in [0.1, 0.15) is 16.1 Å². The van der Waals surface area contributed by atoms with Gasteiger partial charge in [-0.05, 0) is 40.2 Å². The van der Waals surface area contributed by atoms with Crippen LogP contribution in [0.3, 0.4) is 0 Å². The number of rotatable bonds is 4. The van der Waals surface area contributed by atoms with Crippen molar-refractivity contribution < 1.29 is 14.3 Å². The Kier molecular flexibility index (Phi) is 3.72. The zero-order valence-corrected chi connectivity index (χ0v) is 11.3. The first-order valence-corrected chi connectivity index (χ1v) is 6.14. The van der Waals surface area contributed by atoms with Gasteiger partial charge in [0.1, 0.15) is 5.76 Å². The van der Waals surface area contributed by atoms with Crippen LogP contribution in [-0.4, -0.2) is 18.1 Å². The second-order valence-electron chi connectivity index (χ2n) is 3.87. The molecule has 94 valence electrons. The Morgan fingerprint density at radius 1 is 1.39 bits per heavy atom. The van der Waals surface area contributed by atoms with Crippen molar-refractivity contribution in [1.29, 1.82) is 0 Å². The number of nitrogens with zero attached hydrogens (tertiary/aromatic N) is 1. The quantitative estimate of drug-likeness (QED) is 0.940. The number of hydrogen-bond acceptors (Lipinski definition) is 3. The molecule has 1 aromatic heterocycles. The van der Waals surface area contributed by atoms with Gasteiger partial charge in [-0.2, -0.15) is 0 Å². The van der Waals surface area contributed by atoms with Crippen LogP contribution in [0.5, 0.6) is 0 Å². The Bertz CT molecular complexity index is 551. The molecule has 0 amide bonds. The highest BCUT2D eigenvalue weighted by Gasteiger charge is 2.17. The number of carboxylic acid groups (broad SMARTS) is 1. The van der Waals surface area contributed by atoms with Crippen molar-refractivity contribution in [3.8, 4) is 0 Å². The summed E-state index contributed by atoms with van der Waals surface area (Å²) < 4.78 is 5.82. The second kappa shape index (κ2) is 5.27. The van der Waals surface area contributed by atoms with Gasteiger partial charge in [0, 0.05) is 11.5 Å². The zero-order chi connectivity index (χ0) is 13.1. The molecule has 0 aliphatic rings. The van der Waals surface area contributed by atoms with Gasteiger partial charge in [-0.25, -0.2) is 4.79 Å². The van der Waals surface area contributed by atoms with Gasteiger partial charge in [0.25, 0.3) is 0 Å². The Morgan fingerprint density at radius 3 is 2.78 bits per heavy atom. The SMILES string of the molecule is CN(Cc1ccco1)c1cccc(Br)c1C(=O)O. The maximum atomic E-state index is 11.3. The number of carbonyl (C=O) groups is 1. The third-order valence-electron chi connectivity index (χ3n) is 2.59. The molecule has 5 heteroatoms. The highest BCUT2D eigenvalue weighted by molar-refractivity contribution is 9.10. The molecule has 0 fully saturated rings. The molecular formula is C13H12BrNO3. The minimum absolute atomic E-state index is 0.256. The van der Waals surface area contributed by atoms with Gasteiger partial charge >= 0.3 is 5.97 Å². The van der Waals surface area contributed by atoms with E-state index in [2.05, 4.69) is 15.9 Å². The van der Waals surface area contributed by atoms with Crippen LogP contribution in [0.25, 0.3) is 0 Å². The molecule has 2 rings (SSSR count). The Hall–Kier alpha value is -1.75. The summed E-state index contributed by atoms with van der Waals surface area (Å²) >= 11 is 3.26. The summed E-state index contributed by atoms with van der Waals surface area (Å²) in [6.07, 6.45) is 1.60. The van der Waals surface area contributed by atoms with E-state index in [1.165, 1.54) is 0 Å². The van der Waals surface area contributed by atoms with Crippen molar-refractivity contribution in [2.75, 3.05) is 11.9 Å².